The van der Waals surface area contributed by atoms with Crippen molar-refractivity contribution >= 4 is 50.7 Å². The third-order valence-electron chi connectivity index (χ3n) is 5.75. The van der Waals surface area contributed by atoms with Gasteiger partial charge in [-0.05, 0) is 55.3 Å². The number of amides is 2. The van der Waals surface area contributed by atoms with Gasteiger partial charge in [0.25, 0.3) is 10.0 Å². The fourth-order valence-electron chi connectivity index (χ4n) is 3.89. The Hall–Kier alpha value is -3.07. The van der Waals surface area contributed by atoms with Crippen LogP contribution in [0, 0.1) is 0 Å². The number of carbonyl (C=O) groups excluding carboxylic acids is 2. The molecule has 0 bridgehead atoms. The minimum Gasteiger partial charge on any atom is -0.355 e. The molecule has 3 aromatic carbocycles. The van der Waals surface area contributed by atoms with Crippen molar-refractivity contribution in [3.05, 3.63) is 94.5 Å². The highest BCUT2D eigenvalue weighted by molar-refractivity contribution is 7.92. The van der Waals surface area contributed by atoms with Crippen LogP contribution in [0.15, 0.2) is 83.8 Å². The van der Waals surface area contributed by atoms with Crippen molar-refractivity contribution in [3.63, 3.8) is 0 Å². The van der Waals surface area contributed by atoms with E-state index in [0.717, 1.165) is 4.31 Å². The number of para-hydroxylation sites is 1. The summed E-state index contributed by atoms with van der Waals surface area (Å²) in [5.41, 5.74) is 0.912. The van der Waals surface area contributed by atoms with Gasteiger partial charge in [-0.25, -0.2) is 8.42 Å². The first kappa shape index (κ1) is 28.5. The number of sulfonamides is 1. The monoisotopic (exact) mass is 561 g/mol. The van der Waals surface area contributed by atoms with Gasteiger partial charge in [0, 0.05) is 23.1 Å². The Bertz CT molecular complexity index is 1320. The first-order valence-corrected chi connectivity index (χ1v) is 14.0. The molecule has 196 valence electrons. The predicted octanol–water partition coefficient (Wildman–Crippen LogP) is 5.13. The molecular weight excluding hydrogens is 533 g/mol. The molecule has 0 aromatic heterocycles. The lowest BCUT2D eigenvalue weighted by atomic mass is 10.1. The van der Waals surface area contributed by atoms with E-state index in [9.17, 15) is 18.0 Å². The standard InChI is InChI=1S/C27H29Cl2N3O4S/c1-3-25(27(34)30-4-2)31(18-20-15-16-21(28)17-24(20)29)26(33)19-32(22-11-7-5-8-12-22)37(35,36)23-13-9-6-10-14-23/h5-17,25H,3-4,18-19H2,1-2H3,(H,30,34). The number of likely N-dealkylation sites (N-methyl/N-ethyl adjacent to an activating group) is 1. The third kappa shape index (κ3) is 7.03. The van der Waals surface area contributed by atoms with Gasteiger partial charge in [-0.1, -0.05) is 72.6 Å². The molecule has 3 rings (SSSR count). The van der Waals surface area contributed by atoms with E-state index in [1.165, 1.54) is 17.0 Å². The van der Waals surface area contributed by atoms with Gasteiger partial charge in [0.1, 0.15) is 12.6 Å². The van der Waals surface area contributed by atoms with Crippen molar-refractivity contribution in [1.29, 1.82) is 0 Å². The van der Waals surface area contributed by atoms with Gasteiger partial charge in [0.15, 0.2) is 0 Å². The Labute approximate surface area is 228 Å². The Kier molecular flexibility index (Phi) is 9.97. The summed E-state index contributed by atoms with van der Waals surface area (Å²) < 4.78 is 28.4. The predicted molar refractivity (Wildman–Crippen MR) is 147 cm³/mol. The number of hydrogen-bond acceptors (Lipinski definition) is 4. The van der Waals surface area contributed by atoms with Crippen molar-refractivity contribution in [2.24, 2.45) is 0 Å². The molecule has 0 saturated carbocycles. The fourth-order valence-corrected chi connectivity index (χ4v) is 5.79. The zero-order valence-corrected chi connectivity index (χ0v) is 22.9. The average molecular weight is 563 g/mol. The molecule has 10 heteroatoms. The highest BCUT2D eigenvalue weighted by Gasteiger charge is 2.33. The maximum Gasteiger partial charge on any atom is 0.264 e. The summed E-state index contributed by atoms with van der Waals surface area (Å²) in [6.07, 6.45) is 0.319. The van der Waals surface area contributed by atoms with E-state index in [1.807, 2.05) is 0 Å². The second-order valence-corrected chi connectivity index (χ2v) is 10.9. The van der Waals surface area contributed by atoms with Crippen molar-refractivity contribution < 1.29 is 18.0 Å². The van der Waals surface area contributed by atoms with Crippen LogP contribution in [-0.2, 0) is 26.2 Å². The summed E-state index contributed by atoms with van der Waals surface area (Å²) in [6, 6.07) is 20.4. The smallest absolute Gasteiger partial charge is 0.264 e. The Morgan fingerprint density at radius 2 is 1.54 bits per heavy atom. The molecule has 0 saturated heterocycles. The summed E-state index contributed by atoms with van der Waals surface area (Å²) >= 11 is 12.4. The van der Waals surface area contributed by atoms with Crippen LogP contribution in [0.2, 0.25) is 10.0 Å². The number of benzene rings is 3. The number of halogens is 2. The van der Waals surface area contributed by atoms with E-state index < -0.39 is 28.5 Å². The quantitative estimate of drug-likeness (QED) is 0.351. The van der Waals surface area contributed by atoms with Crippen molar-refractivity contribution in [2.75, 3.05) is 17.4 Å². The summed E-state index contributed by atoms with van der Waals surface area (Å²) in [7, 11) is -4.09. The molecule has 2 amide bonds. The van der Waals surface area contributed by atoms with Crippen molar-refractivity contribution in [3.8, 4) is 0 Å². The largest absolute Gasteiger partial charge is 0.355 e. The Morgan fingerprint density at radius 1 is 0.919 bits per heavy atom. The lowest BCUT2D eigenvalue weighted by Gasteiger charge is -2.33. The van der Waals surface area contributed by atoms with Crippen LogP contribution in [0.5, 0.6) is 0 Å². The van der Waals surface area contributed by atoms with Gasteiger partial charge in [-0.2, -0.15) is 0 Å². The molecule has 0 fully saturated rings. The molecule has 1 unspecified atom stereocenters. The molecule has 37 heavy (non-hydrogen) atoms. The first-order chi connectivity index (χ1) is 17.7. The van der Waals surface area contributed by atoms with Crippen molar-refractivity contribution in [2.45, 2.75) is 37.8 Å². The molecular formula is C27H29Cl2N3O4S. The molecule has 3 aromatic rings. The number of anilines is 1. The zero-order valence-electron chi connectivity index (χ0n) is 20.6. The summed E-state index contributed by atoms with van der Waals surface area (Å²) in [6.45, 7) is 3.45. The summed E-state index contributed by atoms with van der Waals surface area (Å²) in [5, 5.41) is 3.54. The van der Waals surface area contributed by atoms with E-state index in [0.29, 0.717) is 34.3 Å². The van der Waals surface area contributed by atoms with Crippen LogP contribution in [-0.4, -0.2) is 44.3 Å². The van der Waals surface area contributed by atoms with E-state index >= 15 is 0 Å². The molecule has 1 N–H and O–H groups in total. The molecule has 0 aliphatic carbocycles. The van der Waals surface area contributed by atoms with Crippen LogP contribution in [0.1, 0.15) is 25.8 Å². The van der Waals surface area contributed by atoms with Gasteiger partial charge in [-0.15, -0.1) is 0 Å². The number of hydrogen-bond donors (Lipinski definition) is 1. The number of nitrogens with zero attached hydrogens (tertiary/aromatic N) is 2. The average Bonchev–Trinajstić information content (AvgIpc) is 2.89. The van der Waals surface area contributed by atoms with Gasteiger partial charge in [-0.3, -0.25) is 13.9 Å². The lowest BCUT2D eigenvalue weighted by molar-refractivity contribution is -0.140. The lowest BCUT2D eigenvalue weighted by Crippen LogP contribution is -2.52. The van der Waals surface area contributed by atoms with Gasteiger partial charge >= 0.3 is 0 Å². The maximum atomic E-state index is 13.9. The molecule has 0 radical (unpaired) electrons. The molecule has 0 aliphatic heterocycles. The number of rotatable bonds is 11. The number of carbonyl (C=O) groups is 2. The summed E-state index contributed by atoms with van der Waals surface area (Å²) in [4.78, 5) is 28.2. The second kappa shape index (κ2) is 12.9. The van der Waals surface area contributed by atoms with Crippen LogP contribution in [0.4, 0.5) is 5.69 Å². The molecule has 0 aliphatic rings. The molecule has 7 nitrogen and oxygen atoms in total. The van der Waals surface area contributed by atoms with Crippen molar-refractivity contribution in [1.82, 2.24) is 10.2 Å². The SMILES string of the molecule is CCNC(=O)C(CC)N(Cc1ccc(Cl)cc1Cl)C(=O)CN(c1ccccc1)S(=O)(=O)c1ccccc1. The third-order valence-corrected chi connectivity index (χ3v) is 8.12. The van der Waals surface area contributed by atoms with Gasteiger partial charge in [0.05, 0.1) is 10.6 Å². The minimum atomic E-state index is -4.09. The minimum absolute atomic E-state index is 0.00150. The highest BCUT2D eigenvalue weighted by Crippen LogP contribution is 2.26. The van der Waals surface area contributed by atoms with Gasteiger partial charge < -0.3 is 10.2 Å². The fraction of sp³-hybridized carbons (Fsp3) is 0.259. The van der Waals surface area contributed by atoms with Crippen LogP contribution < -0.4 is 9.62 Å². The first-order valence-electron chi connectivity index (χ1n) is 11.8. The van der Waals surface area contributed by atoms with E-state index in [2.05, 4.69) is 5.32 Å². The van der Waals surface area contributed by atoms with E-state index in [4.69, 9.17) is 23.2 Å². The molecule has 0 spiro atoms. The van der Waals surface area contributed by atoms with E-state index in [-0.39, 0.29) is 17.3 Å². The van der Waals surface area contributed by atoms with Crippen LogP contribution >= 0.6 is 23.2 Å². The topological polar surface area (TPSA) is 86.8 Å². The second-order valence-electron chi connectivity index (χ2n) is 8.24. The maximum absolute atomic E-state index is 13.9. The van der Waals surface area contributed by atoms with Crippen LogP contribution in [0.3, 0.4) is 0 Å². The molecule has 0 heterocycles. The normalized spacial score (nSPS) is 12.0. The number of nitrogens with one attached hydrogen (secondary N) is 1. The highest BCUT2D eigenvalue weighted by atomic mass is 35.5. The zero-order chi connectivity index (χ0) is 27.0. The Balaban J connectivity index is 2.04. The summed E-state index contributed by atoms with van der Waals surface area (Å²) in [5.74, 6) is -0.881. The van der Waals surface area contributed by atoms with Crippen LogP contribution in [0.25, 0.3) is 0 Å². The molecule has 1 atom stereocenters. The van der Waals surface area contributed by atoms with E-state index in [1.54, 1.807) is 80.6 Å². The van der Waals surface area contributed by atoms with Gasteiger partial charge in [0.2, 0.25) is 11.8 Å². The Morgan fingerprint density at radius 3 is 2.11 bits per heavy atom.